The lowest BCUT2D eigenvalue weighted by molar-refractivity contribution is 0.0953. The molecule has 31 heavy (non-hydrogen) atoms. The molecule has 0 aromatic heterocycles. The number of sulfonamides is 1. The van der Waals surface area contributed by atoms with Crippen LogP contribution in [0.1, 0.15) is 28.8 Å². The fourth-order valence-electron chi connectivity index (χ4n) is 3.28. The second-order valence-electron chi connectivity index (χ2n) is 6.98. The van der Waals surface area contributed by atoms with Crippen LogP contribution >= 0.6 is 35.0 Å². The van der Waals surface area contributed by atoms with E-state index in [2.05, 4.69) is 5.32 Å². The van der Waals surface area contributed by atoms with Crippen molar-refractivity contribution in [2.24, 2.45) is 0 Å². The van der Waals surface area contributed by atoms with E-state index in [1.54, 1.807) is 30.0 Å². The van der Waals surface area contributed by atoms with Crippen LogP contribution in [0.25, 0.3) is 0 Å². The first-order chi connectivity index (χ1) is 14.8. The van der Waals surface area contributed by atoms with E-state index < -0.39 is 10.0 Å². The van der Waals surface area contributed by atoms with E-state index in [-0.39, 0.29) is 16.4 Å². The molecule has 0 bridgehead atoms. The van der Waals surface area contributed by atoms with Crippen LogP contribution < -0.4 is 10.1 Å². The summed E-state index contributed by atoms with van der Waals surface area (Å²) in [7, 11) is -2.17. The third kappa shape index (κ3) is 5.87. The number of rotatable bonds is 9. The van der Waals surface area contributed by atoms with Gasteiger partial charge in [0.05, 0.1) is 17.6 Å². The molecule has 0 unspecified atom stereocenters. The Balaban J connectivity index is 1.61. The van der Waals surface area contributed by atoms with Crippen LogP contribution in [0.15, 0.2) is 41.3 Å². The standard InChI is InChI=1S/C21H24Cl2N2O4S2/c1-29-20-8-7-15(31(27,28)25-10-2-3-11-25)13-16(20)21(26)24-9-12-30-14-17-18(22)5-4-6-19(17)23/h4-8,13H,2-3,9-12,14H2,1H3,(H,24,26). The van der Waals surface area contributed by atoms with Gasteiger partial charge in [-0.3, -0.25) is 4.79 Å². The summed E-state index contributed by atoms with van der Waals surface area (Å²) in [6.45, 7) is 1.41. The Morgan fingerprint density at radius 2 is 1.84 bits per heavy atom. The smallest absolute Gasteiger partial charge is 0.255 e. The SMILES string of the molecule is COc1ccc(S(=O)(=O)N2CCCC2)cc1C(=O)NCCSCc1c(Cl)cccc1Cl. The number of amides is 1. The maximum Gasteiger partial charge on any atom is 0.255 e. The van der Waals surface area contributed by atoms with Gasteiger partial charge < -0.3 is 10.1 Å². The molecule has 1 aliphatic heterocycles. The molecule has 1 N–H and O–H groups in total. The maximum atomic E-state index is 12.8. The van der Waals surface area contributed by atoms with Gasteiger partial charge in [0.25, 0.3) is 5.91 Å². The average molecular weight is 503 g/mol. The Hall–Kier alpha value is -1.45. The van der Waals surface area contributed by atoms with Crippen molar-refractivity contribution in [2.45, 2.75) is 23.5 Å². The van der Waals surface area contributed by atoms with E-state index in [4.69, 9.17) is 27.9 Å². The zero-order valence-corrected chi connectivity index (χ0v) is 20.2. The number of nitrogens with zero attached hydrogens (tertiary/aromatic N) is 1. The highest BCUT2D eigenvalue weighted by molar-refractivity contribution is 7.98. The third-order valence-electron chi connectivity index (χ3n) is 4.96. The fraction of sp³-hybridized carbons (Fsp3) is 0.381. The van der Waals surface area contributed by atoms with E-state index in [0.29, 0.717) is 46.9 Å². The van der Waals surface area contributed by atoms with E-state index in [1.807, 2.05) is 0 Å². The molecule has 1 saturated heterocycles. The number of thioether (sulfide) groups is 1. The van der Waals surface area contributed by atoms with Gasteiger partial charge in [0.1, 0.15) is 5.75 Å². The monoisotopic (exact) mass is 502 g/mol. The summed E-state index contributed by atoms with van der Waals surface area (Å²) < 4.78 is 32.4. The van der Waals surface area contributed by atoms with Gasteiger partial charge in [-0.2, -0.15) is 16.1 Å². The van der Waals surface area contributed by atoms with Gasteiger partial charge in [-0.05, 0) is 48.7 Å². The Morgan fingerprint density at radius 1 is 1.16 bits per heavy atom. The van der Waals surface area contributed by atoms with Gasteiger partial charge in [-0.25, -0.2) is 8.42 Å². The van der Waals surface area contributed by atoms with E-state index >= 15 is 0 Å². The summed E-state index contributed by atoms with van der Waals surface area (Å²) in [6, 6.07) is 9.77. The molecule has 3 rings (SSSR count). The third-order valence-corrected chi connectivity index (χ3v) is 8.55. The highest BCUT2D eigenvalue weighted by Gasteiger charge is 2.28. The molecule has 1 heterocycles. The van der Waals surface area contributed by atoms with Crippen LogP contribution in [0.2, 0.25) is 10.0 Å². The minimum absolute atomic E-state index is 0.100. The van der Waals surface area contributed by atoms with Crippen molar-refractivity contribution in [2.75, 3.05) is 32.5 Å². The Kier molecular flexibility index (Phi) is 8.52. The minimum atomic E-state index is -3.62. The number of methoxy groups -OCH3 is 1. The summed E-state index contributed by atoms with van der Waals surface area (Å²) in [5, 5.41) is 4.05. The lowest BCUT2D eigenvalue weighted by Crippen LogP contribution is -2.29. The number of hydrogen-bond donors (Lipinski definition) is 1. The maximum absolute atomic E-state index is 12.8. The fourth-order valence-corrected chi connectivity index (χ4v) is 6.42. The summed E-state index contributed by atoms with van der Waals surface area (Å²) >= 11 is 13.9. The largest absolute Gasteiger partial charge is 0.496 e. The topological polar surface area (TPSA) is 75.7 Å². The molecule has 0 saturated carbocycles. The van der Waals surface area contributed by atoms with Crippen LogP contribution in [0.4, 0.5) is 0 Å². The summed E-state index contributed by atoms with van der Waals surface area (Å²) in [4.78, 5) is 12.8. The predicted octanol–water partition coefficient (Wildman–Crippen LogP) is 4.45. The first-order valence-electron chi connectivity index (χ1n) is 9.81. The number of hydrogen-bond acceptors (Lipinski definition) is 5. The van der Waals surface area contributed by atoms with Crippen molar-refractivity contribution in [1.82, 2.24) is 9.62 Å². The number of ether oxygens (including phenoxy) is 1. The van der Waals surface area contributed by atoms with Gasteiger partial charge in [0, 0.05) is 41.2 Å². The van der Waals surface area contributed by atoms with Crippen LogP contribution in [0.5, 0.6) is 5.75 Å². The number of carbonyl (C=O) groups excluding carboxylic acids is 1. The van der Waals surface area contributed by atoms with Crippen molar-refractivity contribution >= 4 is 50.9 Å². The molecule has 10 heteroatoms. The molecule has 1 fully saturated rings. The summed E-state index contributed by atoms with van der Waals surface area (Å²) in [6.07, 6.45) is 1.69. The molecular weight excluding hydrogens is 479 g/mol. The summed E-state index contributed by atoms with van der Waals surface area (Å²) in [5.74, 6) is 1.21. The van der Waals surface area contributed by atoms with E-state index in [9.17, 15) is 13.2 Å². The number of carbonyl (C=O) groups is 1. The van der Waals surface area contributed by atoms with Crippen molar-refractivity contribution < 1.29 is 17.9 Å². The van der Waals surface area contributed by atoms with Gasteiger partial charge in [0.15, 0.2) is 0 Å². The molecule has 0 atom stereocenters. The second-order valence-corrected chi connectivity index (χ2v) is 10.8. The molecule has 1 aliphatic rings. The number of nitrogens with one attached hydrogen (secondary N) is 1. The Bertz CT molecular complexity index is 1020. The van der Waals surface area contributed by atoms with E-state index in [1.165, 1.54) is 29.6 Å². The quantitative estimate of drug-likeness (QED) is 0.512. The van der Waals surface area contributed by atoms with Crippen molar-refractivity contribution in [3.05, 3.63) is 57.6 Å². The highest BCUT2D eigenvalue weighted by Crippen LogP contribution is 2.28. The molecule has 2 aromatic rings. The van der Waals surface area contributed by atoms with Gasteiger partial charge in [-0.1, -0.05) is 29.3 Å². The molecule has 1 amide bonds. The zero-order valence-electron chi connectivity index (χ0n) is 17.1. The normalized spacial score (nSPS) is 14.5. The first-order valence-corrected chi connectivity index (χ1v) is 13.2. The molecular formula is C21H24Cl2N2O4S2. The van der Waals surface area contributed by atoms with Crippen molar-refractivity contribution in [1.29, 1.82) is 0 Å². The predicted molar refractivity (Wildman–Crippen MR) is 126 cm³/mol. The van der Waals surface area contributed by atoms with Gasteiger partial charge in [0.2, 0.25) is 10.0 Å². The molecule has 0 aliphatic carbocycles. The average Bonchev–Trinajstić information content (AvgIpc) is 3.30. The van der Waals surface area contributed by atoms with Gasteiger partial charge >= 0.3 is 0 Å². The lowest BCUT2D eigenvalue weighted by atomic mass is 10.2. The van der Waals surface area contributed by atoms with E-state index in [0.717, 1.165) is 18.4 Å². The van der Waals surface area contributed by atoms with Crippen LogP contribution in [0, 0.1) is 0 Å². The Labute approximate surface area is 197 Å². The van der Waals surface area contributed by atoms with Gasteiger partial charge in [-0.15, -0.1) is 0 Å². The Morgan fingerprint density at radius 3 is 2.48 bits per heavy atom. The highest BCUT2D eigenvalue weighted by atomic mass is 35.5. The minimum Gasteiger partial charge on any atom is -0.496 e. The first kappa shape index (κ1) is 24.2. The molecule has 6 nitrogen and oxygen atoms in total. The van der Waals surface area contributed by atoms with Crippen LogP contribution in [0.3, 0.4) is 0 Å². The van der Waals surface area contributed by atoms with Crippen LogP contribution in [-0.4, -0.2) is 51.1 Å². The number of halogens is 2. The zero-order chi connectivity index (χ0) is 22.4. The molecule has 2 aromatic carbocycles. The molecule has 0 spiro atoms. The molecule has 168 valence electrons. The van der Waals surface area contributed by atoms with Crippen LogP contribution in [-0.2, 0) is 15.8 Å². The number of benzene rings is 2. The lowest BCUT2D eigenvalue weighted by Gasteiger charge is -2.17. The second kappa shape index (κ2) is 10.9. The van der Waals surface area contributed by atoms with Crippen molar-refractivity contribution in [3.63, 3.8) is 0 Å². The van der Waals surface area contributed by atoms with Crippen molar-refractivity contribution in [3.8, 4) is 5.75 Å². The summed E-state index contributed by atoms with van der Waals surface area (Å²) in [5.41, 5.74) is 1.06. The molecule has 0 radical (unpaired) electrons.